The first-order chi connectivity index (χ1) is 9.12. The third kappa shape index (κ3) is 3.10. The molecule has 0 bridgehead atoms. The van der Waals surface area contributed by atoms with Crippen LogP contribution in [0.2, 0.25) is 0 Å². The molecule has 0 radical (unpaired) electrons. The van der Waals surface area contributed by atoms with E-state index in [0.29, 0.717) is 12.0 Å². The van der Waals surface area contributed by atoms with E-state index in [1.807, 2.05) is 0 Å². The number of benzene rings is 1. The summed E-state index contributed by atoms with van der Waals surface area (Å²) < 4.78 is 0. The van der Waals surface area contributed by atoms with Crippen molar-refractivity contribution in [2.24, 2.45) is 10.7 Å². The monoisotopic (exact) mass is 385 g/mol. The number of hydrogen-bond donors (Lipinski definition) is 1. The highest BCUT2D eigenvalue weighted by molar-refractivity contribution is 14.0. The molecule has 1 aromatic carbocycles. The third-order valence-electron chi connectivity index (χ3n) is 4.57. The molecule has 0 unspecified atom stereocenters. The minimum atomic E-state index is 0. The van der Waals surface area contributed by atoms with Gasteiger partial charge in [0.05, 0.1) is 6.54 Å². The second kappa shape index (κ2) is 5.92. The summed E-state index contributed by atoms with van der Waals surface area (Å²) in [6.07, 6.45) is 4.99. The van der Waals surface area contributed by atoms with Crippen molar-refractivity contribution in [3.05, 3.63) is 35.4 Å². The zero-order valence-corrected chi connectivity index (χ0v) is 14.6. The van der Waals surface area contributed by atoms with Crippen LogP contribution in [0.4, 0.5) is 0 Å². The lowest BCUT2D eigenvalue weighted by Crippen LogP contribution is -2.36. The van der Waals surface area contributed by atoms with E-state index < -0.39 is 0 Å². The van der Waals surface area contributed by atoms with Gasteiger partial charge in [-0.25, -0.2) is 0 Å². The first-order valence-electron chi connectivity index (χ1n) is 7.21. The molecular formula is C16H24IN3. The van der Waals surface area contributed by atoms with Crippen LogP contribution in [0.5, 0.6) is 0 Å². The van der Waals surface area contributed by atoms with Gasteiger partial charge in [0, 0.05) is 18.5 Å². The van der Waals surface area contributed by atoms with Crippen molar-refractivity contribution in [1.29, 1.82) is 0 Å². The van der Waals surface area contributed by atoms with Gasteiger partial charge in [-0.15, -0.1) is 24.0 Å². The molecule has 2 N–H and O–H groups in total. The number of nitrogens with zero attached hydrogens (tertiary/aromatic N) is 2. The van der Waals surface area contributed by atoms with Crippen LogP contribution in [0.15, 0.2) is 29.3 Å². The maximum Gasteiger partial charge on any atom is 0.191 e. The number of aliphatic imine (C=N–C) groups is 1. The lowest BCUT2D eigenvalue weighted by atomic mass is 9.92. The van der Waals surface area contributed by atoms with Crippen molar-refractivity contribution in [2.75, 3.05) is 13.6 Å². The van der Waals surface area contributed by atoms with Gasteiger partial charge in [-0.1, -0.05) is 24.3 Å². The van der Waals surface area contributed by atoms with Gasteiger partial charge >= 0.3 is 0 Å². The number of halogens is 1. The molecule has 3 rings (SSSR count). The summed E-state index contributed by atoms with van der Waals surface area (Å²) in [5.41, 5.74) is 9.19. The fraction of sp³-hybridized carbons (Fsp3) is 0.562. The minimum absolute atomic E-state index is 0. The smallest absolute Gasteiger partial charge is 0.191 e. The molecule has 20 heavy (non-hydrogen) atoms. The molecule has 2 aliphatic carbocycles. The maximum atomic E-state index is 6.09. The molecule has 0 atom stereocenters. The molecule has 2 saturated carbocycles. The second-order valence-electron chi connectivity index (χ2n) is 6.11. The number of guanidine groups is 1. The average molecular weight is 385 g/mol. The van der Waals surface area contributed by atoms with E-state index in [0.717, 1.165) is 6.54 Å². The summed E-state index contributed by atoms with van der Waals surface area (Å²) in [4.78, 5) is 6.79. The van der Waals surface area contributed by atoms with Gasteiger partial charge in [0.15, 0.2) is 5.96 Å². The molecule has 0 aliphatic heterocycles. The summed E-state index contributed by atoms with van der Waals surface area (Å²) in [6.45, 7) is 3.03. The van der Waals surface area contributed by atoms with E-state index in [1.165, 1.54) is 36.8 Å². The Morgan fingerprint density at radius 3 is 2.55 bits per heavy atom. The van der Waals surface area contributed by atoms with Crippen LogP contribution in [0, 0.1) is 6.92 Å². The molecule has 1 aromatic rings. The Balaban J connectivity index is 0.00000147. The Bertz CT molecular complexity index is 504. The highest BCUT2D eigenvalue weighted by Crippen LogP contribution is 2.49. The molecule has 0 aromatic heterocycles. The zero-order chi connectivity index (χ0) is 13.5. The molecule has 2 aliphatic rings. The first kappa shape index (κ1) is 15.6. The number of rotatable bonds is 4. The van der Waals surface area contributed by atoms with Gasteiger partial charge in [0.25, 0.3) is 0 Å². The third-order valence-corrected chi connectivity index (χ3v) is 4.57. The van der Waals surface area contributed by atoms with E-state index in [2.05, 4.69) is 48.1 Å². The highest BCUT2D eigenvalue weighted by Gasteiger charge is 2.45. The molecule has 0 heterocycles. The average Bonchev–Trinajstić information content (AvgIpc) is 3.28. The molecule has 110 valence electrons. The SMILES string of the molecule is Cc1ccccc1C1(CN=C(N)N(C)C2CC2)CC1.I. The van der Waals surface area contributed by atoms with Crippen molar-refractivity contribution in [3.63, 3.8) is 0 Å². The predicted molar refractivity (Wildman–Crippen MR) is 94.8 cm³/mol. The quantitative estimate of drug-likeness (QED) is 0.492. The Kier molecular flexibility index (Phi) is 4.62. The highest BCUT2D eigenvalue weighted by atomic mass is 127. The van der Waals surface area contributed by atoms with E-state index in [4.69, 9.17) is 5.73 Å². The summed E-state index contributed by atoms with van der Waals surface area (Å²) in [6, 6.07) is 9.31. The van der Waals surface area contributed by atoms with E-state index in [1.54, 1.807) is 0 Å². The van der Waals surface area contributed by atoms with Crippen LogP contribution in [0.1, 0.15) is 36.8 Å². The summed E-state index contributed by atoms with van der Waals surface area (Å²) in [5, 5.41) is 0. The minimum Gasteiger partial charge on any atom is -0.370 e. The molecule has 0 spiro atoms. The van der Waals surface area contributed by atoms with Crippen LogP contribution < -0.4 is 5.73 Å². The lowest BCUT2D eigenvalue weighted by molar-refractivity contribution is 0.485. The molecular weight excluding hydrogens is 361 g/mol. The van der Waals surface area contributed by atoms with Crippen molar-refractivity contribution >= 4 is 29.9 Å². The van der Waals surface area contributed by atoms with Gasteiger partial charge in [0.1, 0.15) is 0 Å². The Labute approximate surface area is 138 Å². The molecule has 0 amide bonds. The number of hydrogen-bond acceptors (Lipinski definition) is 1. The zero-order valence-electron chi connectivity index (χ0n) is 12.3. The van der Waals surface area contributed by atoms with Gasteiger partial charge in [-0.05, 0) is 43.7 Å². The van der Waals surface area contributed by atoms with Crippen LogP contribution in [-0.4, -0.2) is 30.5 Å². The van der Waals surface area contributed by atoms with E-state index >= 15 is 0 Å². The van der Waals surface area contributed by atoms with Crippen molar-refractivity contribution < 1.29 is 0 Å². The van der Waals surface area contributed by atoms with Crippen molar-refractivity contribution in [3.8, 4) is 0 Å². The van der Waals surface area contributed by atoms with Crippen LogP contribution in [0.25, 0.3) is 0 Å². The summed E-state index contributed by atoms with van der Waals surface area (Å²) in [5.74, 6) is 0.711. The Hall–Kier alpha value is -0.780. The van der Waals surface area contributed by atoms with Crippen molar-refractivity contribution in [1.82, 2.24) is 4.90 Å². The van der Waals surface area contributed by atoms with Gasteiger partial charge in [-0.3, -0.25) is 4.99 Å². The second-order valence-corrected chi connectivity index (χ2v) is 6.11. The number of nitrogens with two attached hydrogens (primary N) is 1. The predicted octanol–water partition coefficient (Wildman–Crippen LogP) is 3.05. The van der Waals surface area contributed by atoms with Crippen molar-refractivity contribution in [2.45, 2.75) is 44.1 Å². The van der Waals surface area contributed by atoms with Crippen LogP contribution in [-0.2, 0) is 5.41 Å². The molecule has 4 heteroatoms. The normalized spacial score (nSPS) is 20.2. The number of aryl methyl sites for hydroxylation is 1. The fourth-order valence-electron chi connectivity index (χ4n) is 2.82. The van der Waals surface area contributed by atoms with Gasteiger partial charge in [0.2, 0.25) is 0 Å². The van der Waals surface area contributed by atoms with Gasteiger partial charge < -0.3 is 10.6 Å². The lowest BCUT2D eigenvalue weighted by Gasteiger charge is -2.20. The van der Waals surface area contributed by atoms with E-state index in [-0.39, 0.29) is 29.4 Å². The molecule has 3 nitrogen and oxygen atoms in total. The maximum absolute atomic E-state index is 6.09. The summed E-state index contributed by atoms with van der Waals surface area (Å²) >= 11 is 0. The van der Waals surface area contributed by atoms with Crippen LogP contribution >= 0.6 is 24.0 Å². The topological polar surface area (TPSA) is 41.6 Å². The Morgan fingerprint density at radius 1 is 1.35 bits per heavy atom. The first-order valence-corrected chi connectivity index (χ1v) is 7.21. The standard InChI is InChI=1S/C16H23N3.HI/c1-12-5-3-4-6-14(12)16(9-10-16)11-18-15(17)19(2)13-7-8-13;/h3-6,13H,7-11H2,1-2H3,(H2,17,18);1H. The van der Waals surface area contributed by atoms with E-state index in [9.17, 15) is 0 Å². The molecule has 0 saturated heterocycles. The largest absolute Gasteiger partial charge is 0.370 e. The Morgan fingerprint density at radius 2 is 2.00 bits per heavy atom. The molecule has 2 fully saturated rings. The van der Waals surface area contributed by atoms with Crippen LogP contribution in [0.3, 0.4) is 0 Å². The fourth-order valence-corrected chi connectivity index (χ4v) is 2.82. The van der Waals surface area contributed by atoms with Gasteiger partial charge in [-0.2, -0.15) is 0 Å². The summed E-state index contributed by atoms with van der Waals surface area (Å²) in [7, 11) is 2.06.